The number of methoxy groups -OCH3 is 2. The Hall–Kier alpha value is -1.42. The molecular formula is C17H19Cl2NO2. The third-order valence-electron chi connectivity index (χ3n) is 3.55. The Morgan fingerprint density at radius 1 is 1.05 bits per heavy atom. The van der Waals surface area contributed by atoms with E-state index in [1.165, 1.54) is 0 Å². The Labute approximate surface area is 141 Å². The van der Waals surface area contributed by atoms with Crippen LogP contribution in [0.2, 0.25) is 10.0 Å². The molecule has 0 bridgehead atoms. The van der Waals surface area contributed by atoms with Crippen molar-refractivity contribution in [2.24, 2.45) is 0 Å². The molecule has 0 saturated carbocycles. The average molecular weight is 340 g/mol. The second-order valence-electron chi connectivity index (χ2n) is 4.91. The Morgan fingerprint density at radius 2 is 1.73 bits per heavy atom. The smallest absolute Gasteiger partial charge is 0.123 e. The number of hydrogen-bond donors (Lipinski definition) is 1. The molecule has 0 aliphatic heterocycles. The predicted molar refractivity (Wildman–Crippen MR) is 91.3 cm³/mol. The number of benzene rings is 2. The van der Waals surface area contributed by atoms with E-state index < -0.39 is 0 Å². The van der Waals surface area contributed by atoms with Gasteiger partial charge in [0.1, 0.15) is 11.5 Å². The van der Waals surface area contributed by atoms with Crippen molar-refractivity contribution in [2.45, 2.75) is 19.5 Å². The van der Waals surface area contributed by atoms with Crippen LogP contribution < -0.4 is 14.8 Å². The lowest BCUT2D eigenvalue weighted by atomic mass is 10.1. The van der Waals surface area contributed by atoms with Gasteiger partial charge in [-0.15, -0.1) is 0 Å². The molecule has 0 radical (unpaired) electrons. The van der Waals surface area contributed by atoms with Crippen LogP contribution >= 0.6 is 23.2 Å². The molecular weight excluding hydrogens is 321 g/mol. The number of halogens is 2. The molecule has 0 aliphatic carbocycles. The van der Waals surface area contributed by atoms with Gasteiger partial charge < -0.3 is 14.8 Å². The Bertz CT molecular complexity index is 626. The summed E-state index contributed by atoms with van der Waals surface area (Å²) in [5.74, 6) is 1.60. The fraction of sp³-hybridized carbons (Fsp3) is 0.294. The second kappa shape index (κ2) is 7.73. The van der Waals surface area contributed by atoms with E-state index in [1.54, 1.807) is 14.2 Å². The van der Waals surface area contributed by atoms with Crippen LogP contribution in [-0.2, 0) is 6.54 Å². The molecule has 1 atom stereocenters. The van der Waals surface area contributed by atoms with Crippen LogP contribution in [-0.4, -0.2) is 14.2 Å². The van der Waals surface area contributed by atoms with E-state index >= 15 is 0 Å². The van der Waals surface area contributed by atoms with Crippen LogP contribution in [0.1, 0.15) is 24.1 Å². The highest BCUT2D eigenvalue weighted by Gasteiger charge is 2.14. The molecule has 2 aromatic rings. The van der Waals surface area contributed by atoms with E-state index in [1.807, 2.05) is 36.4 Å². The molecule has 0 saturated heterocycles. The van der Waals surface area contributed by atoms with Gasteiger partial charge in [-0.3, -0.25) is 0 Å². The van der Waals surface area contributed by atoms with Gasteiger partial charge in [-0.1, -0.05) is 29.3 Å². The number of ether oxygens (including phenoxy) is 2. The molecule has 22 heavy (non-hydrogen) atoms. The van der Waals surface area contributed by atoms with E-state index in [2.05, 4.69) is 12.2 Å². The van der Waals surface area contributed by atoms with Gasteiger partial charge >= 0.3 is 0 Å². The van der Waals surface area contributed by atoms with Crippen molar-refractivity contribution in [1.82, 2.24) is 5.32 Å². The van der Waals surface area contributed by atoms with Crippen molar-refractivity contribution in [2.75, 3.05) is 14.2 Å². The van der Waals surface area contributed by atoms with Crippen molar-refractivity contribution in [1.29, 1.82) is 0 Å². The molecule has 0 aromatic heterocycles. The zero-order valence-corrected chi connectivity index (χ0v) is 14.3. The fourth-order valence-electron chi connectivity index (χ4n) is 2.24. The van der Waals surface area contributed by atoms with E-state index in [9.17, 15) is 0 Å². The van der Waals surface area contributed by atoms with Crippen LogP contribution in [0.15, 0.2) is 36.4 Å². The topological polar surface area (TPSA) is 30.5 Å². The summed E-state index contributed by atoms with van der Waals surface area (Å²) < 4.78 is 10.7. The summed E-state index contributed by atoms with van der Waals surface area (Å²) in [6.07, 6.45) is 0. The quantitative estimate of drug-likeness (QED) is 0.814. The van der Waals surface area contributed by atoms with Crippen molar-refractivity contribution in [3.8, 4) is 11.5 Å². The Balaban J connectivity index is 2.17. The van der Waals surface area contributed by atoms with E-state index in [0.717, 1.165) is 22.6 Å². The maximum absolute atomic E-state index is 6.20. The lowest BCUT2D eigenvalue weighted by Crippen LogP contribution is -2.19. The van der Waals surface area contributed by atoms with Crippen molar-refractivity contribution >= 4 is 23.2 Å². The number of rotatable bonds is 6. The fourth-order valence-corrected chi connectivity index (χ4v) is 2.78. The first-order valence-electron chi connectivity index (χ1n) is 6.95. The van der Waals surface area contributed by atoms with Crippen LogP contribution in [0.5, 0.6) is 11.5 Å². The summed E-state index contributed by atoms with van der Waals surface area (Å²) in [6, 6.07) is 11.3. The largest absolute Gasteiger partial charge is 0.497 e. The highest BCUT2D eigenvalue weighted by atomic mass is 35.5. The molecule has 1 N–H and O–H groups in total. The maximum Gasteiger partial charge on any atom is 0.123 e. The molecule has 2 rings (SSSR count). The van der Waals surface area contributed by atoms with Crippen molar-refractivity contribution in [3.63, 3.8) is 0 Å². The molecule has 0 amide bonds. The summed E-state index contributed by atoms with van der Waals surface area (Å²) in [5.41, 5.74) is 1.91. The van der Waals surface area contributed by atoms with Crippen LogP contribution in [0, 0.1) is 0 Å². The van der Waals surface area contributed by atoms with Crippen molar-refractivity contribution < 1.29 is 9.47 Å². The first-order valence-corrected chi connectivity index (χ1v) is 7.70. The standard InChI is InChI=1S/C17H19Cl2NO2/c1-11(13-9-12(21-2)7-8-17(13)22-3)20-10-14-15(18)5-4-6-16(14)19/h4-9,11,20H,10H2,1-3H3. The summed E-state index contributed by atoms with van der Waals surface area (Å²) in [5, 5.41) is 4.73. The first kappa shape index (κ1) is 16.9. The molecule has 0 spiro atoms. The zero-order chi connectivity index (χ0) is 16.1. The molecule has 1 unspecified atom stereocenters. The Morgan fingerprint density at radius 3 is 2.32 bits per heavy atom. The predicted octanol–water partition coefficient (Wildman–Crippen LogP) is 4.86. The highest BCUT2D eigenvalue weighted by Crippen LogP contribution is 2.30. The summed E-state index contributed by atoms with van der Waals surface area (Å²) >= 11 is 12.4. The lowest BCUT2D eigenvalue weighted by molar-refractivity contribution is 0.391. The third-order valence-corrected chi connectivity index (χ3v) is 4.26. The maximum atomic E-state index is 6.20. The number of nitrogens with one attached hydrogen (secondary N) is 1. The number of hydrogen-bond acceptors (Lipinski definition) is 3. The highest BCUT2D eigenvalue weighted by molar-refractivity contribution is 6.35. The van der Waals surface area contributed by atoms with Gasteiger partial charge in [-0.05, 0) is 37.3 Å². The lowest BCUT2D eigenvalue weighted by Gasteiger charge is -2.19. The Kier molecular flexibility index (Phi) is 5.95. The molecule has 5 heteroatoms. The molecule has 118 valence electrons. The minimum atomic E-state index is 0.0531. The third kappa shape index (κ3) is 3.86. The van der Waals surface area contributed by atoms with Gasteiger partial charge in [-0.25, -0.2) is 0 Å². The van der Waals surface area contributed by atoms with Crippen molar-refractivity contribution in [3.05, 3.63) is 57.6 Å². The van der Waals surface area contributed by atoms with Crippen LogP contribution in [0.25, 0.3) is 0 Å². The molecule has 0 aliphatic rings. The van der Waals surface area contributed by atoms with E-state index in [4.69, 9.17) is 32.7 Å². The SMILES string of the molecule is COc1ccc(OC)c(C(C)NCc2c(Cl)cccc2Cl)c1. The second-order valence-corrected chi connectivity index (χ2v) is 5.73. The summed E-state index contributed by atoms with van der Waals surface area (Å²) in [7, 11) is 3.30. The van der Waals surface area contributed by atoms with Crippen LogP contribution in [0.4, 0.5) is 0 Å². The van der Waals surface area contributed by atoms with E-state index in [0.29, 0.717) is 16.6 Å². The van der Waals surface area contributed by atoms with E-state index in [-0.39, 0.29) is 6.04 Å². The van der Waals surface area contributed by atoms with Gasteiger partial charge in [0.25, 0.3) is 0 Å². The monoisotopic (exact) mass is 339 g/mol. The molecule has 0 heterocycles. The van der Waals surface area contributed by atoms with Gasteiger partial charge in [0, 0.05) is 33.8 Å². The minimum absolute atomic E-state index is 0.0531. The first-order chi connectivity index (χ1) is 10.6. The summed E-state index contributed by atoms with van der Waals surface area (Å²) in [6.45, 7) is 2.63. The zero-order valence-electron chi connectivity index (χ0n) is 12.8. The van der Waals surface area contributed by atoms with Gasteiger partial charge in [0.15, 0.2) is 0 Å². The van der Waals surface area contributed by atoms with Gasteiger partial charge in [0.05, 0.1) is 14.2 Å². The molecule has 2 aromatic carbocycles. The normalized spacial score (nSPS) is 12.0. The average Bonchev–Trinajstić information content (AvgIpc) is 2.53. The summed E-state index contributed by atoms with van der Waals surface area (Å²) in [4.78, 5) is 0. The van der Waals surface area contributed by atoms with Gasteiger partial charge in [-0.2, -0.15) is 0 Å². The van der Waals surface area contributed by atoms with Gasteiger partial charge in [0.2, 0.25) is 0 Å². The van der Waals surface area contributed by atoms with Crippen LogP contribution in [0.3, 0.4) is 0 Å². The minimum Gasteiger partial charge on any atom is -0.497 e. The molecule has 3 nitrogen and oxygen atoms in total. The molecule has 0 fully saturated rings.